The first-order valence-electron chi connectivity index (χ1n) is 1.03. The summed E-state index contributed by atoms with van der Waals surface area (Å²) >= 11 is 0. The molecule has 0 heterocycles. The predicted octanol–water partition coefficient (Wildman–Crippen LogP) is -3.12. The largest absolute Gasteiger partial charge is 2.00 e. The molecule has 0 aromatic carbocycles. The maximum absolute atomic E-state index is 6.50. The van der Waals surface area contributed by atoms with Crippen molar-refractivity contribution < 1.29 is 43.0 Å². The molecule has 8 nitrogen and oxygen atoms in total. The average molecular weight is 513 g/mol. The number of hydrogen-bond acceptors (Lipinski definition) is 4. The van der Waals surface area contributed by atoms with E-state index < -0.39 is 0 Å². The molecular formula is C4H12BaN4O4Pt+2. The summed E-state index contributed by atoms with van der Waals surface area (Å²) in [5, 5.41) is 26.0. The molecule has 8 N–H and O–H groups in total. The van der Waals surface area contributed by atoms with E-state index in [1.54, 1.807) is 0 Å². The van der Waals surface area contributed by atoms with Gasteiger partial charge in [-0.2, -0.15) is 0 Å². The van der Waals surface area contributed by atoms with E-state index in [0.29, 0.717) is 0 Å². The van der Waals surface area contributed by atoms with Gasteiger partial charge < -0.3 is 21.9 Å². The van der Waals surface area contributed by atoms with Crippen LogP contribution in [-0.2, 0) is 21.1 Å². The zero-order valence-corrected chi connectivity index (χ0v) is 13.8. The van der Waals surface area contributed by atoms with Gasteiger partial charge in [0.05, 0.1) is 0 Å². The van der Waals surface area contributed by atoms with E-state index in [2.05, 4.69) is 26.3 Å². The van der Waals surface area contributed by atoms with Crippen LogP contribution in [0.3, 0.4) is 0 Å². The maximum atomic E-state index is 6.50. The molecule has 0 aromatic rings. The molecule has 0 amide bonds. The van der Waals surface area contributed by atoms with Crippen LogP contribution in [0.25, 0.3) is 0 Å². The molecule has 0 radical (unpaired) electrons. The Morgan fingerprint density at radius 1 is 0.429 bits per heavy atom. The fraction of sp³-hybridized carbons (Fsp3) is 0. The molecule has 10 heteroatoms. The summed E-state index contributed by atoms with van der Waals surface area (Å²) in [6.45, 7) is 14.0. The molecule has 82 valence electrons. The van der Waals surface area contributed by atoms with Crippen LogP contribution in [0.15, 0.2) is 0 Å². The minimum Gasteiger partial charge on any atom is -0.412 e. The quantitative estimate of drug-likeness (QED) is 0.307. The van der Waals surface area contributed by atoms with Crippen molar-refractivity contribution in [3.63, 3.8) is 0 Å². The van der Waals surface area contributed by atoms with E-state index in [1.165, 1.54) is 0 Å². The van der Waals surface area contributed by atoms with Gasteiger partial charge >= 0.3 is 48.9 Å². The number of hydrogen-bond donors (Lipinski definition) is 0. The smallest absolute Gasteiger partial charge is 0.412 e. The zero-order chi connectivity index (χ0) is 8.00. The Morgan fingerprint density at radius 3 is 0.429 bits per heavy atom. The minimum atomic E-state index is 0. The van der Waals surface area contributed by atoms with Gasteiger partial charge in [0.25, 0.3) is 0 Å². The molecule has 0 unspecified atom stereocenters. The Hall–Kier alpha value is 0.0597. The third-order valence-electron chi connectivity index (χ3n) is 0. The molecule has 0 aliphatic carbocycles. The molecule has 14 heavy (non-hydrogen) atoms. The SMILES string of the molecule is C#N.C#N.C#N.C#N.O.O.O.O.[Ba+2].[Pt]. The topological polar surface area (TPSA) is 221 Å². The van der Waals surface area contributed by atoms with Crippen molar-refractivity contribution in [2.24, 2.45) is 0 Å². The van der Waals surface area contributed by atoms with Gasteiger partial charge in [-0.05, 0) is 0 Å². The fourth-order valence-electron chi connectivity index (χ4n) is 0. The van der Waals surface area contributed by atoms with Gasteiger partial charge in [0.2, 0.25) is 0 Å². The van der Waals surface area contributed by atoms with Crippen molar-refractivity contribution in [1.82, 2.24) is 0 Å². The Kier molecular flexibility index (Phi) is 5530000. The standard InChI is InChI=1S/4CHN.Ba.4H2O.Pt/c4*1-2;;;;;;/h4*1H;;4*1H2;/q;;;;+2;;;;;. The van der Waals surface area contributed by atoms with Crippen LogP contribution in [0, 0.1) is 47.3 Å². The summed E-state index contributed by atoms with van der Waals surface area (Å²) in [6, 6.07) is 0. The number of nitrogens with zero attached hydrogens (tertiary/aromatic N) is 4. The van der Waals surface area contributed by atoms with E-state index >= 15 is 0 Å². The second kappa shape index (κ2) is 532000. The Labute approximate surface area is 137 Å². The van der Waals surface area contributed by atoms with Gasteiger partial charge in [0.1, 0.15) is 0 Å². The first-order chi connectivity index (χ1) is 4.00. The van der Waals surface area contributed by atoms with E-state index in [-0.39, 0.29) is 91.9 Å². The first-order valence-corrected chi connectivity index (χ1v) is 1.03. The van der Waals surface area contributed by atoms with E-state index in [1.807, 2.05) is 0 Å². The summed E-state index contributed by atoms with van der Waals surface area (Å²) < 4.78 is 0. The number of nitriles is 4. The van der Waals surface area contributed by atoms with Crippen molar-refractivity contribution in [2.75, 3.05) is 0 Å². The maximum Gasteiger partial charge on any atom is 2.00 e. The molecule has 0 atom stereocenters. The minimum absolute atomic E-state index is 0. The third-order valence-corrected chi connectivity index (χ3v) is 0. The van der Waals surface area contributed by atoms with E-state index in [9.17, 15) is 0 Å². The van der Waals surface area contributed by atoms with Crippen LogP contribution in [0.2, 0.25) is 0 Å². The third kappa shape index (κ3) is 413000. The van der Waals surface area contributed by atoms with Crippen molar-refractivity contribution in [3.8, 4) is 26.3 Å². The van der Waals surface area contributed by atoms with Gasteiger partial charge in [0.15, 0.2) is 0 Å². The summed E-state index contributed by atoms with van der Waals surface area (Å²) in [5.74, 6) is 0. The second-order valence-corrected chi connectivity index (χ2v) is 0. The molecule has 0 rings (SSSR count). The van der Waals surface area contributed by atoms with Crippen LogP contribution in [0.5, 0.6) is 0 Å². The number of rotatable bonds is 0. The summed E-state index contributed by atoms with van der Waals surface area (Å²) in [5.41, 5.74) is 0. The van der Waals surface area contributed by atoms with Gasteiger partial charge in [-0.3, -0.25) is 0 Å². The monoisotopic (exact) mass is 513 g/mol. The van der Waals surface area contributed by atoms with Crippen molar-refractivity contribution >= 4 is 48.9 Å². The van der Waals surface area contributed by atoms with Crippen LogP contribution in [0.1, 0.15) is 0 Å². The van der Waals surface area contributed by atoms with Crippen LogP contribution >= 0.6 is 0 Å². The van der Waals surface area contributed by atoms with Crippen molar-refractivity contribution in [3.05, 3.63) is 0 Å². The van der Waals surface area contributed by atoms with Crippen LogP contribution in [-0.4, -0.2) is 70.8 Å². The summed E-state index contributed by atoms with van der Waals surface area (Å²) in [6.07, 6.45) is 0. The predicted molar refractivity (Wildman–Crippen MR) is 46.9 cm³/mol. The molecule has 0 aliphatic heterocycles. The van der Waals surface area contributed by atoms with E-state index in [4.69, 9.17) is 21.0 Å². The van der Waals surface area contributed by atoms with Gasteiger partial charge in [-0.1, -0.05) is 0 Å². The average Bonchev–Trinajstić information content (AvgIpc) is 2.03. The zero-order valence-electron chi connectivity index (χ0n) is 7.12. The summed E-state index contributed by atoms with van der Waals surface area (Å²) in [4.78, 5) is 0. The molecule has 0 fully saturated rings. The van der Waals surface area contributed by atoms with Gasteiger partial charge in [0, 0.05) is 47.4 Å². The van der Waals surface area contributed by atoms with Gasteiger partial charge in [-0.15, -0.1) is 0 Å². The molecule has 0 saturated heterocycles. The fourth-order valence-corrected chi connectivity index (χ4v) is 0. The van der Waals surface area contributed by atoms with Crippen molar-refractivity contribution in [2.45, 2.75) is 0 Å². The second-order valence-electron chi connectivity index (χ2n) is 0. The molecule has 0 spiro atoms. The van der Waals surface area contributed by atoms with Crippen LogP contribution < -0.4 is 0 Å². The Balaban J connectivity index is -0.00000000167. The van der Waals surface area contributed by atoms with Crippen molar-refractivity contribution in [1.29, 1.82) is 21.0 Å². The molecule has 0 saturated carbocycles. The first kappa shape index (κ1) is 145. The Bertz CT molecular complexity index is 72.3. The van der Waals surface area contributed by atoms with Crippen LogP contribution in [0.4, 0.5) is 0 Å². The summed E-state index contributed by atoms with van der Waals surface area (Å²) in [7, 11) is 0. The normalized spacial score (nSPS) is 0.571. The molecule has 0 bridgehead atoms. The van der Waals surface area contributed by atoms with E-state index in [0.717, 1.165) is 0 Å². The Morgan fingerprint density at radius 2 is 0.429 bits per heavy atom. The molecule has 0 aliphatic rings. The molecule has 0 aromatic heterocycles. The van der Waals surface area contributed by atoms with Gasteiger partial charge in [-0.25, -0.2) is 21.0 Å². The molecular weight excluding hydrogens is 500 g/mol.